The first-order valence-corrected chi connectivity index (χ1v) is 8.19. The number of hydrogen-bond donors (Lipinski definition) is 0. The predicted molar refractivity (Wildman–Crippen MR) is 89.3 cm³/mol. The number of carbonyl (C=O) groups is 2. The van der Waals surface area contributed by atoms with Crippen molar-refractivity contribution < 1.29 is 19.1 Å². The highest BCUT2D eigenvalue weighted by Crippen LogP contribution is 2.37. The first-order valence-electron chi connectivity index (χ1n) is 8.19. The molecule has 0 saturated heterocycles. The monoisotopic (exact) mass is 319 g/mol. The molecule has 0 atom stereocenters. The van der Waals surface area contributed by atoms with Crippen molar-refractivity contribution in [2.24, 2.45) is 0 Å². The second-order valence-electron chi connectivity index (χ2n) is 5.65. The molecule has 2 rings (SSSR count). The minimum Gasteiger partial charge on any atom is -0.465 e. The molecule has 1 aromatic rings. The van der Waals surface area contributed by atoms with Crippen LogP contribution >= 0.6 is 0 Å². The molecule has 0 radical (unpaired) electrons. The molecular formula is C18H25NO4. The maximum atomic E-state index is 12.4. The van der Waals surface area contributed by atoms with E-state index in [4.69, 9.17) is 9.47 Å². The molecule has 5 nitrogen and oxygen atoms in total. The van der Waals surface area contributed by atoms with Crippen LogP contribution in [0.2, 0.25) is 0 Å². The van der Waals surface area contributed by atoms with Crippen LogP contribution in [-0.4, -0.2) is 39.2 Å². The molecule has 1 aliphatic carbocycles. The van der Waals surface area contributed by atoms with Gasteiger partial charge in [-0.25, -0.2) is 9.59 Å². The van der Waals surface area contributed by atoms with Crippen LogP contribution in [0, 0.1) is 0 Å². The number of rotatable bonds is 5. The second kappa shape index (κ2) is 7.49. The van der Waals surface area contributed by atoms with Crippen molar-refractivity contribution in [1.82, 2.24) is 0 Å². The maximum Gasteiger partial charge on any atom is 0.340 e. The second-order valence-corrected chi connectivity index (χ2v) is 5.65. The summed E-state index contributed by atoms with van der Waals surface area (Å²) < 4.78 is 9.87. The molecule has 0 amide bonds. The number of benzene rings is 1. The highest BCUT2D eigenvalue weighted by molar-refractivity contribution is 6.08. The van der Waals surface area contributed by atoms with E-state index in [1.165, 1.54) is 19.8 Å². The fourth-order valence-corrected chi connectivity index (χ4v) is 3.35. The van der Waals surface area contributed by atoms with E-state index in [1.807, 2.05) is 19.9 Å². The summed E-state index contributed by atoms with van der Waals surface area (Å²) in [5.74, 6) is -0.979. The van der Waals surface area contributed by atoms with Gasteiger partial charge in [-0.1, -0.05) is 0 Å². The Hall–Kier alpha value is -2.04. The van der Waals surface area contributed by atoms with Gasteiger partial charge in [0.25, 0.3) is 0 Å². The van der Waals surface area contributed by atoms with E-state index in [9.17, 15) is 9.59 Å². The van der Waals surface area contributed by atoms with Crippen molar-refractivity contribution in [3.05, 3.63) is 28.3 Å². The molecule has 5 heteroatoms. The largest absolute Gasteiger partial charge is 0.465 e. The van der Waals surface area contributed by atoms with Gasteiger partial charge in [0, 0.05) is 13.1 Å². The lowest BCUT2D eigenvalue weighted by Crippen LogP contribution is -2.29. The fourth-order valence-electron chi connectivity index (χ4n) is 3.35. The molecule has 126 valence electrons. The number of nitrogens with zero attached hydrogens (tertiary/aromatic N) is 1. The number of methoxy groups -OCH3 is 2. The Morgan fingerprint density at radius 2 is 1.65 bits per heavy atom. The molecule has 0 aromatic heterocycles. The minimum atomic E-state index is -0.493. The Morgan fingerprint density at radius 3 is 2.22 bits per heavy atom. The summed E-state index contributed by atoms with van der Waals surface area (Å²) in [5.41, 5.74) is 3.81. The third kappa shape index (κ3) is 3.19. The molecule has 0 saturated carbocycles. The van der Waals surface area contributed by atoms with Crippen molar-refractivity contribution >= 4 is 17.6 Å². The molecule has 1 aliphatic rings. The van der Waals surface area contributed by atoms with Crippen molar-refractivity contribution in [1.29, 1.82) is 0 Å². The zero-order valence-electron chi connectivity index (χ0n) is 14.4. The molecule has 0 aliphatic heterocycles. The van der Waals surface area contributed by atoms with Crippen LogP contribution in [0.4, 0.5) is 5.69 Å². The van der Waals surface area contributed by atoms with Crippen LogP contribution in [0.3, 0.4) is 0 Å². The minimum absolute atomic E-state index is 0.307. The molecule has 23 heavy (non-hydrogen) atoms. The first-order chi connectivity index (χ1) is 11.1. The van der Waals surface area contributed by atoms with Gasteiger partial charge in [-0.15, -0.1) is 0 Å². The maximum absolute atomic E-state index is 12.4. The van der Waals surface area contributed by atoms with Gasteiger partial charge in [-0.2, -0.15) is 0 Å². The Kier molecular flexibility index (Phi) is 5.64. The van der Waals surface area contributed by atoms with E-state index in [0.717, 1.165) is 50.0 Å². The van der Waals surface area contributed by atoms with Crippen LogP contribution in [0.1, 0.15) is 58.5 Å². The Morgan fingerprint density at radius 1 is 1.04 bits per heavy atom. The summed E-state index contributed by atoms with van der Waals surface area (Å²) in [5, 5.41) is 0. The van der Waals surface area contributed by atoms with Gasteiger partial charge in [0.15, 0.2) is 0 Å². The summed E-state index contributed by atoms with van der Waals surface area (Å²) in [6.07, 6.45) is 4.05. The fraction of sp³-hybridized carbons (Fsp3) is 0.556. The third-order valence-corrected chi connectivity index (χ3v) is 4.50. The molecule has 0 unspecified atom stereocenters. The molecule has 1 aromatic carbocycles. The van der Waals surface area contributed by atoms with Gasteiger partial charge in [-0.05, 0) is 56.7 Å². The number of esters is 2. The topological polar surface area (TPSA) is 55.8 Å². The SMILES string of the molecule is CCN(CC)c1c2c(cc(C(=O)OC)c1C(=O)OC)CCCC2. The standard InChI is InChI=1S/C18H25NO4/c1-5-19(6-2)16-13-10-8-7-9-12(13)11-14(17(20)22-3)15(16)18(21)23-4/h11H,5-10H2,1-4H3. The van der Waals surface area contributed by atoms with E-state index in [-0.39, 0.29) is 0 Å². The van der Waals surface area contributed by atoms with Crippen LogP contribution in [-0.2, 0) is 22.3 Å². The average Bonchev–Trinajstić information content (AvgIpc) is 2.60. The number of anilines is 1. The zero-order chi connectivity index (χ0) is 17.0. The van der Waals surface area contributed by atoms with Gasteiger partial charge < -0.3 is 14.4 Å². The summed E-state index contributed by atoms with van der Waals surface area (Å²) in [6, 6.07) is 1.82. The summed E-state index contributed by atoms with van der Waals surface area (Å²) in [6.45, 7) is 5.62. The van der Waals surface area contributed by atoms with E-state index < -0.39 is 11.9 Å². The van der Waals surface area contributed by atoms with E-state index >= 15 is 0 Å². The predicted octanol–water partition coefficient (Wildman–Crippen LogP) is 2.98. The van der Waals surface area contributed by atoms with E-state index in [0.29, 0.717) is 11.1 Å². The molecular weight excluding hydrogens is 294 g/mol. The molecule has 0 fully saturated rings. The lowest BCUT2D eigenvalue weighted by molar-refractivity contribution is 0.0555. The van der Waals surface area contributed by atoms with Gasteiger partial charge in [0.1, 0.15) is 0 Å². The van der Waals surface area contributed by atoms with E-state index in [1.54, 1.807) is 0 Å². The molecule has 0 N–H and O–H groups in total. The zero-order valence-corrected chi connectivity index (χ0v) is 14.4. The Balaban J connectivity index is 2.81. The number of fused-ring (bicyclic) bond motifs is 1. The van der Waals surface area contributed by atoms with Gasteiger partial charge in [0.05, 0.1) is 31.0 Å². The van der Waals surface area contributed by atoms with Crippen molar-refractivity contribution in [3.8, 4) is 0 Å². The van der Waals surface area contributed by atoms with Gasteiger partial charge in [-0.3, -0.25) is 0 Å². The Labute approximate surface area is 137 Å². The average molecular weight is 319 g/mol. The normalized spacial score (nSPS) is 13.2. The first kappa shape index (κ1) is 17.3. The van der Waals surface area contributed by atoms with Gasteiger partial charge >= 0.3 is 11.9 Å². The molecule has 0 heterocycles. The van der Waals surface area contributed by atoms with Crippen LogP contribution < -0.4 is 4.90 Å². The van der Waals surface area contributed by atoms with Crippen molar-refractivity contribution in [2.45, 2.75) is 39.5 Å². The highest BCUT2D eigenvalue weighted by atomic mass is 16.5. The van der Waals surface area contributed by atoms with Gasteiger partial charge in [0.2, 0.25) is 0 Å². The van der Waals surface area contributed by atoms with Crippen LogP contribution in [0.25, 0.3) is 0 Å². The number of carbonyl (C=O) groups excluding carboxylic acids is 2. The van der Waals surface area contributed by atoms with Crippen molar-refractivity contribution in [3.63, 3.8) is 0 Å². The summed E-state index contributed by atoms with van der Waals surface area (Å²) in [7, 11) is 2.68. The Bertz CT molecular complexity index is 606. The van der Waals surface area contributed by atoms with Crippen LogP contribution in [0.5, 0.6) is 0 Å². The molecule has 0 spiro atoms. The summed E-state index contributed by atoms with van der Waals surface area (Å²) in [4.78, 5) is 26.8. The number of hydrogen-bond acceptors (Lipinski definition) is 5. The highest BCUT2D eigenvalue weighted by Gasteiger charge is 2.30. The van der Waals surface area contributed by atoms with Crippen molar-refractivity contribution in [2.75, 3.05) is 32.2 Å². The number of aryl methyl sites for hydroxylation is 1. The third-order valence-electron chi connectivity index (χ3n) is 4.50. The lowest BCUT2D eigenvalue weighted by atomic mass is 9.85. The lowest BCUT2D eigenvalue weighted by Gasteiger charge is -2.31. The quantitative estimate of drug-likeness (QED) is 0.781. The van der Waals surface area contributed by atoms with E-state index in [2.05, 4.69) is 4.90 Å². The molecule has 0 bridgehead atoms. The summed E-state index contributed by atoms with van der Waals surface area (Å²) >= 11 is 0. The number of ether oxygens (including phenoxy) is 2. The smallest absolute Gasteiger partial charge is 0.340 e. The van der Waals surface area contributed by atoms with Crippen LogP contribution in [0.15, 0.2) is 6.07 Å².